The predicted molar refractivity (Wildman–Crippen MR) is 69.7 cm³/mol. The number of benzene rings is 1. The second kappa shape index (κ2) is 4.72. The Morgan fingerprint density at radius 2 is 1.89 bits per heavy atom. The molecule has 0 radical (unpaired) electrons. The number of amides is 1. The zero-order valence-electron chi connectivity index (χ0n) is 9.45. The summed E-state index contributed by atoms with van der Waals surface area (Å²) in [6, 6.07) is 6.08. The molecule has 7 nitrogen and oxygen atoms in total. The molecule has 9 heteroatoms. The molecule has 1 unspecified atom stereocenters. The number of halogens is 1. The van der Waals surface area contributed by atoms with Crippen LogP contribution < -0.4 is 16.0 Å². The summed E-state index contributed by atoms with van der Waals surface area (Å²) >= 11 is 5.73. The van der Waals surface area contributed by atoms with Crippen LogP contribution in [0.3, 0.4) is 0 Å². The Labute approximate surface area is 114 Å². The molecule has 102 valence electrons. The molecular weight excluding hydrogens is 294 g/mol. The van der Waals surface area contributed by atoms with Crippen LogP contribution in [0.1, 0.15) is 0 Å². The van der Waals surface area contributed by atoms with E-state index in [0.29, 0.717) is 10.7 Å². The van der Waals surface area contributed by atoms with Crippen LogP contribution in [-0.4, -0.2) is 24.4 Å². The van der Waals surface area contributed by atoms with Crippen molar-refractivity contribution in [1.82, 2.24) is 5.32 Å². The molecule has 1 aromatic rings. The Morgan fingerprint density at radius 3 is 2.42 bits per heavy atom. The van der Waals surface area contributed by atoms with Crippen LogP contribution in [0.15, 0.2) is 36.2 Å². The van der Waals surface area contributed by atoms with Gasteiger partial charge in [-0.25, -0.2) is 0 Å². The van der Waals surface area contributed by atoms with Crippen LogP contribution in [0.25, 0.3) is 0 Å². The third-order valence-corrected chi connectivity index (χ3v) is 3.59. The first-order valence-electron chi connectivity index (χ1n) is 5.08. The fourth-order valence-electron chi connectivity index (χ4n) is 1.66. The van der Waals surface area contributed by atoms with Gasteiger partial charge in [0, 0.05) is 16.8 Å². The number of anilines is 1. The van der Waals surface area contributed by atoms with Crippen molar-refractivity contribution < 1.29 is 17.8 Å². The van der Waals surface area contributed by atoms with E-state index in [1.807, 2.05) is 0 Å². The number of hydrogen-bond donors (Lipinski definition) is 3. The number of rotatable bonds is 2. The molecule has 2 rings (SSSR count). The molecule has 0 saturated carbocycles. The van der Waals surface area contributed by atoms with Crippen LogP contribution in [-0.2, 0) is 14.9 Å². The molecule has 0 spiro atoms. The van der Waals surface area contributed by atoms with E-state index in [1.165, 1.54) is 24.3 Å². The number of nitrogens with two attached hydrogens (primary N) is 1. The Morgan fingerprint density at radius 1 is 1.32 bits per heavy atom. The highest BCUT2D eigenvalue weighted by molar-refractivity contribution is 7.86. The van der Waals surface area contributed by atoms with E-state index in [1.54, 1.807) is 0 Å². The molecular formula is C10H10ClN3O4S. The summed E-state index contributed by atoms with van der Waals surface area (Å²) in [5.41, 5.74) is 4.33. The fraction of sp³-hybridized carbons (Fsp3) is 0.100. The topological polar surface area (TPSA) is 113 Å². The molecule has 1 aromatic carbocycles. The third-order valence-electron chi connectivity index (χ3n) is 2.44. The quantitative estimate of drug-likeness (QED) is 0.675. The SMILES string of the molecule is NC1=CC(=O)NC(S(=O)(=O)O)N1c1ccc(Cl)cc1. The van der Waals surface area contributed by atoms with Crippen molar-refractivity contribution in [3.8, 4) is 0 Å². The molecule has 0 aromatic heterocycles. The molecule has 1 aliphatic heterocycles. The summed E-state index contributed by atoms with van der Waals surface area (Å²) < 4.78 is 31.8. The number of hydrogen-bond acceptors (Lipinski definition) is 5. The van der Waals surface area contributed by atoms with Gasteiger partial charge in [-0.2, -0.15) is 8.42 Å². The van der Waals surface area contributed by atoms with Crippen molar-refractivity contribution in [2.24, 2.45) is 5.73 Å². The van der Waals surface area contributed by atoms with Crippen molar-refractivity contribution in [2.75, 3.05) is 4.90 Å². The molecule has 1 atom stereocenters. The van der Waals surface area contributed by atoms with Crippen LogP contribution in [0.4, 0.5) is 5.69 Å². The number of carbonyl (C=O) groups excluding carboxylic acids is 1. The zero-order chi connectivity index (χ0) is 14.2. The van der Waals surface area contributed by atoms with Gasteiger partial charge in [-0.3, -0.25) is 14.2 Å². The van der Waals surface area contributed by atoms with Gasteiger partial charge in [-0.1, -0.05) is 11.6 Å². The van der Waals surface area contributed by atoms with Gasteiger partial charge in [-0.15, -0.1) is 0 Å². The van der Waals surface area contributed by atoms with Gasteiger partial charge in [0.15, 0.2) is 0 Å². The van der Waals surface area contributed by atoms with Gasteiger partial charge in [0.2, 0.25) is 11.4 Å². The summed E-state index contributed by atoms with van der Waals surface area (Å²) in [7, 11) is -4.56. The highest BCUT2D eigenvalue weighted by Gasteiger charge is 2.36. The first-order valence-corrected chi connectivity index (χ1v) is 6.96. The van der Waals surface area contributed by atoms with Crippen molar-refractivity contribution >= 4 is 33.3 Å². The van der Waals surface area contributed by atoms with Gasteiger partial charge < -0.3 is 11.1 Å². The Hall–Kier alpha value is -1.77. The van der Waals surface area contributed by atoms with E-state index in [2.05, 4.69) is 5.32 Å². The minimum Gasteiger partial charge on any atom is -0.385 e. The maximum absolute atomic E-state index is 11.3. The molecule has 19 heavy (non-hydrogen) atoms. The third kappa shape index (κ3) is 2.80. The number of carbonyl (C=O) groups is 1. The van der Waals surface area contributed by atoms with E-state index in [-0.39, 0.29) is 5.82 Å². The summed E-state index contributed by atoms with van der Waals surface area (Å²) in [5, 5.41) is 2.56. The average molecular weight is 304 g/mol. The Bertz CT molecular complexity index is 641. The lowest BCUT2D eigenvalue weighted by Gasteiger charge is -2.34. The summed E-state index contributed by atoms with van der Waals surface area (Å²) in [6.45, 7) is 0. The predicted octanol–water partition coefficient (Wildman–Crippen LogP) is 0.248. The minimum absolute atomic E-state index is 0.103. The van der Waals surface area contributed by atoms with Gasteiger partial charge in [0.25, 0.3) is 0 Å². The van der Waals surface area contributed by atoms with Crippen molar-refractivity contribution in [1.29, 1.82) is 0 Å². The summed E-state index contributed by atoms with van der Waals surface area (Å²) in [5.74, 6) is -0.806. The van der Waals surface area contributed by atoms with Crippen LogP contribution in [0.2, 0.25) is 5.02 Å². The van der Waals surface area contributed by atoms with Gasteiger partial charge >= 0.3 is 10.1 Å². The lowest BCUT2D eigenvalue weighted by atomic mass is 10.2. The summed E-state index contributed by atoms with van der Waals surface area (Å²) in [6.07, 6.45) is 1.02. The number of nitrogens with one attached hydrogen (secondary N) is 1. The largest absolute Gasteiger partial charge is 0.385 e. The first kappa shape index (κ1) is 13.7. The van der Waals surface area contributed by atoms with Crippen LogP contribution in [0.5, 0.6) is 0 Å². The lowest BCUT2D eigenvalue weighted by molar-refractivity contribution is -0.117. The van der Waals surface area contributed by atoms with E-state index < -0.39 is 21.5 Å². The molecule has 0 fully saturated rings. The van der Waals surface area contributed by atoms with Crippen LogP contribution in [0, 0.1) is 0 Å². The fourth-order valence-corrected chi connectivity index (χ4v) is 2.56. The van der Waals surface area contributed by atoms with Gasteiger partial charge in [0.05, 0.1) is 0 Å². The highest BCUT2D eigenvalue weighted by atomic mass is 35.5. The molecule has 0 aliphatic carbocycles. The number of nitrogens with zero attached hydrogens (tertiary/aromatic N) is 1. The van der Waals surface area contributed by atoms with E-state index in [4.69, 9.17) is 17.3 Å². The second-order valence-electron chi connectivity index (χ2n) is 3.79. The average Bonchev–Trinajstić information content (AvgIpc) is 2.28. The van der Waals surface area contributed by atoms with Crippen molar-refractivity contribution in [2.45, 2.75) is 5.50 Å². The molecule has 0 bridgehead atoms. The van der Waals surface area contributed by atoms with Gasteiger partial charge in [-0.05, 0) is 24.3 Å². The standard InChI is InChI=1S/C10H10ClN3O4S/c11-6-1-3-7(4-2-6)14-8(12)5-9(15)13-10(14)19(16,17)18/h1-5,10H,12H2,(H,13,15)(H,16,17,18). The second-order valence-corrected chi connectivity index (χ2v) is 5.70. The molecule has 1 heterocycles. The van der Waals surface area contributed by atoms with Crippen molar-refractivity contribution in [3.05, 3.63) is 41.2 Å². The van der Waals surface area contributed by atoms with Crippen molar-refractivity contribution in [3.63, 3.8) is 0 Å². The molecule has 0 saturated heterocycles. The van der Waals surface area contributed by atoms with E-state index in [9.17, 15) is 17.8 Å². The monoisotopic (exact) mass is 303 g/mol. The molecule has 1 amide bonds. The van der Waals surface area contributed by atoms with Crippen LogP contribution >= 0.6 is 11.6 Å². The van der Waals surface area contributed by atoms with E-state index >= 15 is 0 Å². The highest BCUT2D eigenvalue weighted by Crippen LogP contribution is 2.25. The van der Waals surface area contributed by atoms with Gasteiger partial charge in [0.1, 0.15) is 5.82 Å². The Balaban J connectivity index is 2.52. The zero-order valence-corrected chi connectivity index (χ0v) is 11.0. The maximum Gasteiger partial charge on any atom is 0.306 e. The maximum atomic E-state index is 11.3. The molecule has 1 aliphatic rings. The first-order chi connectivity index (χ1) is 8.79. The smallest absolute Gasteiger partial charge is 0.306 e. The Kier molecular flexibility index (Phi) is 3.40. The van der Waals surface area contributed by atoms with E-state index in [0.717, 1.165) is 11.0 Å². The normalized spacial score (nSPS) is 19.9. The molecule has 4 N–H and O–H groups in total. The summed E-state index contributed by atoms with van der Waals surface area (Å²) in [4.78, 5) is 12.3. The lowest BCUT2D eigenvalue weighted by Crippen LogP contribution is -2.56. The minimum atomic E-state index is -4.56.